The van der Waals surface area contributed by atoms with Crippen LogP contribution in [0, 0.1) is 11.8 Å². The number of carbonyl (C=O) groups is 1. The third kappa shape index (κ3) is 3.25. The number of pyridine rings is 1. The highest BCUT2D eigenvalue weighted by atomic mass is 16.5. The number of likely N-dealkylation sites (tertiary alicyclic amines) is 1. The summed E-state index contributed by atoms with van der Waals surface area (Å²) in [5, 5.41) is 4.09. The Morgan fingerprint density at radius 1 is 1.26 bits per heavy atom. The largest absolute Gasteiger partial charge is 0.342 e. The predicted molar refractivity (Wildman–Crippen MR) is 83.3 cm³/mol. The molecule has 120 valence electrons. The zero-order valence-corrected chi connectivity index (χ0v) is 13.0. The molecule has 0 aromatic carbocycles. The Balaban J connectivity index is 1.40. The summed E-state index contributed by atoms with van der Waals surface area (Å²) in [6, 6.07) is 3.71. The normalized spacial score (nSPS) is 21.4. The van der Waals surface area contributed by atoms with Gasteiger partial charge in [0.05, 0.1) is 0 Å². The summed E-state index contributed by atoms with van der Waals surface area (Å²) in [4.78, 5) is 22.7. The standard InChI is InChI=1S/C17H20N4O2/c22-17(14-3-4-14)21-9-1-2-12(11-21)10-15-19-16(23-20-15)13-5-7-18-8-6-13/h5-8,12,14H,1-4,9-11H2. The van der Waals surface area contributed by atoms with Crippen LogP contribution in [0.25, 0.3) is 11.5 Å². The summed E-state index contributed by atoms with van der Waals surface area (Å²) in [6.45, 7) is 1.73. The van der Waals surface area contributed by atoms with Crippen molar-refractivity contribution in [3.05, 3.63) is 30.4 Å². The molecule has 2 aliphatic rings. The van der Waals surface area contributed by atoms with Gasteiger partial charge in [0.2, 0.25) is 5.91 Å². The molecule has 0 bridgehead atoms. The summed E-state index contributed by atoms with van der Waals surface area (Å²) in [7, 11) is 0. The fraction of sp³-hybridized carbons (Fsp3) is 0.529. The minimum absolute atomic E-state index is 0.303. The van der Waals surface area contributed by atoms with E-state index in [1.165, 1.54) is 0 Å². The lowest BCUT2D eigenvalue weighted by atomic mass is 9.94. The molecule has 23 heavy (non-hydrogen) atoms. The quantitative estimate of drug-likeness (QED) is 0.866. The number of aromatic nitrogens is 3. The third-order valence-electron chi connectivity index (χ3n) is 4.62. The number of rotatable bonds is 4. The van der Waals surface area contributed by atoms with Crippen molar-refractivity contribution in [2.45, 2.75) is 32.1 Å². The van der Waals surface area contributed by atoms with Gasteiger partial charge in [0.15, 0.2) is 5.82 Å². The SMILES string of the molecule is O=C(C1CC1)N1CCCC(Cc2noc(-c3ccncc3)n2)C1. The molecule has 0 spiro atoms. The topological polar surface area (TPSA) is 72.1 Å². The second kappa shape index (κ2) is 6.10. The fourth-order valence-corrected chi connectivity index (χ4v) is 3.23. The van der Waals surface area contributed by atoms with Crippen molar-refractivity contribution in [3.8, 4) is 11.5 Å². The molecule has 1 saturated carbocycles. The number of hydrogen-bond acceptors (Lipinski definition) is 5. The van der Waals surface area contributed by atoms with Gasteiger partial charge in [-0.2, -0.15) is 4.98 Å². The first kappa shape index (κ1) is 14.4. The van der Waals surface area contributed by atoms with Crippen molar-refractivity contribution in [1.29, 1.82) is 0 Å². The lowest BCUT2D eigenvalue weighted by molar-refractivity contribution is -0.134. The fourth-order valence-electron chi connectivity index (χ4n) is 3.23. The molecule has 1 saturated heterocycles. The van der Waals surface area contributed by atoms with Crippen molar-refractivity contribution >= 4 is 5.91 Å². The zero-order chi connectivity index (χ0) is 15.6. The average molecular weight is 312 g/mol. The predicted octanol–water partition coefficient (Wildman–Crippen LogP) is 2.32. The Labute approximate surface area is 134 Å². The number of hydrogen-bond donors (Lipinski definition) is 0. The Morgan fingerprint density at radius 2 is 2.09 bits per heavy atom. The molecule has 2 fully saturated rings. The van der Waals surface area contributed by atoms with E-state index in [9.17, 15) is 4.79 Å². The van der Waals surface area contributed by atoms with Crippen molar-refractivity contribution in [3.63, 3.8) is 0 Å². The summed E-state index contributed by atoms with van der Waals surface area (Å²) in [5.41, 5.74) is 0.882. The molecule has 1 amide bonds. The van der Waals surface area contributed by atoms with Gasteiger partial charge in [-0.25, -0.2) is 0 Å². The van der Waals surface area contributed by atoms with Crippen LogP contribution in [0.5, 0.6) is 0 Å². The first-order valence-electron chi connectivity index (χ1n) is 8.31. The van der Waals surface area contributed by atoms with Crippen LogP contribution in [0.2, 0.25) is 0 Å². The molecule has 6 nitrogen and oxygen atoms in total. The van der Waals surface area contributed by atoms with Crippen molar-refractivity contribution in [2.75, 3.05) is 13.1 Å². The van der Waals surface area contributed by atoms with E-state index in [0.29, 0.717) is 23.6 Å². The molecular formula is C17H20N4O2. The van der Waals surface area contributed by atoms with Crippen LogP contribution >= 0.6 is 0 Å². The maximum absolute atomic E-state index is 12.2. The van der Waals surface area contributed by atoms with Gasteiger partial charge in [-0.1, -0.05) is 5.16 Å². The van der Waals surface area contributed by atoms with E-state index in [4.69, 9.17) is 4.52 Å². The number of amides is 1. The van der Waals surface area contributed by atoms with Gasteiger partial charge in [0, 0.05) is 43.4 Å². The number of nitrogens with zero attached hydrogens (tertiary/aromatic N) is 4. The molecule has 2 aromatic rings. The Kier molecular flexibility index (Phi) is 3.81. The minimum atomic E-state index is 0.303. The molecular weight excluding hydrogens is 292 g/mol. The third-order valence-corrected chi connectivity index (χ3v) is 4.62. The van der Waals surface area contributed by atoms with Gasteiger partial charge in [-0.15, -0.1) is 0 Å². The van der Waals surface area contributed by atoms with E-state index in [-0.39, 0.29) is 0 Å². The summed E-state index contributed by atoms with van der Waals surface area (Å²) in [5.74, 6) is 2.33. The molecule has 0 radical (unpaired) electrons. The van der Waals surface area contributed by atoms with Crippen LogP contribution in [0.15, 0.2) is 29.0 Å². The Hall–Kier alpha value is -2.24. The highest BCUT2D eigenvalue weighted by Crippen LogP contribution is 2.33. The van der Waals surface area contributed by atoms with Gasteiger partial charge >= 0.3 is 0 Å². The monoisotopic (exact) mass is 312 g/mol. The van der Waals surface area contributed by atoms with Gasteiger partial charge < -0.3 is 9.42 Å². The zero-order valence-electron chi connectivity index (χ0n) is 13.0. The molecule has 6 heteroatoms. The van der Waals surface area contributed by atoms with Gasteiger partial charge in [-0.3, -0.25) is 9.78 Å². The van der Waals surface area contributed by atoms with E-state index in [1.54, 1.807) is 12.4 Å². The highest BCUT2D eigenvalue weighted by Gasteiger charge is 2.35. The van der Waals surface area contributed by atoms with E-state index in [2.05, 4.69) is 15.1 Å². The maximum Gasteiger partial charge on any atom is 0.258 e. The second-order valence-corrected chi connectivity index (χ2v) is 6.52. The van der Waals surface area contributed by atoms with Crippen molar-refractivity contribution in [1.82, 2.24) is 20.0 Å². The lowest BCUT2D eigenvalue weighted by Gasteiger charge is -2.32. The van der Waals surface area contributed by atoms with E-state index < -0.39 is 0 Å². The average Bonchev–Trinajstić information content (AvgIpc) is 3.35. The van der Waals surface area contributed by atoms with Crippen LogP contribution in [0.1, 0.15) is 31.5 Å². The van der Waals surface area contributed by atoms with Crippen molar-refractivity contribution in [2.24, 2.45) is 11.8 Å². The lowest BCUT2D eigenvalue weighted by Crippen LogP contribution is -2.41. The summed E-state index contributed by atoms with van der Waals surface area (Å²) >= 11 is 0. The van der Waals surface area contributed by atoms with Crippen LogP contribution in [-0.2, 0) is 11.2 Å². The minimum Gasteiger partial charge on any atom is -0.342 e. The smallest absolute Gasteiger partial charge is 0.258 e. The van der Waals surface area contributed by atoms with E-state index in [1.807, 2.05) is 17.0 Å². The Bertz CT molecular complexity index is 681. The first-order chi connectivity index (χ1) is 11.3. The molecule has 3 heterocycles. The van der Waals surface area contributed by atoms with Crippen LogP contribution in [0.4, 0.5) is 0 Å². The Morgan fingerprint density at radius 3 is 2.87 bits per heavy atom. The molecule has 4 rings (SSSR count). The molecule has 1 aliphatic carbocycles. The van der Waals surface area contributed by atoms with Gasteiger partial charge in [0.1, 0.15) is 0 Å². The van der Waals surface area contributed by atoms with Crippen molar-refractivity contribution < 1.29 is 9.32 Å². The van der Waals surface area contributed by atoms with E-state index >= 15 is 0 Å². The number of piperidine rings is 1. The van der Waals surface area contributed by atoms with Crippen LogP contribution in [-0.4, -0.2) is 39.0 Å². The first-order valence-corrected chi connectivity index (χ1v) is 8.31. The molecule has 0 N–H and O–H groups in total. The molecule has 1 aliphatic heterocycles. The van der Waals surface area contributed by atoms with Gasteiger partial charge in [0.25, 0.3) is 5.89 Å². The molecule has 2 aromatic heterocycles. The molecule has 1 atom stereocenters. The summed E-state index contributed by atoms with van der Waals surface area (Å²) < 4.78 is 5.35. The van der Waals surface area contributed by atoms with Crippen LogP contribution < -0.4 is 0 Å². The van der Waals surface area contributed by atoms with Gasteiger partial charge in [-0.05, 0) is 43.7 Å². The highest BCUT2D eigenvalue weighted by molar-refractivity contribution is 5.81. The maximum atomic E-state index is 12.2. The summed E-state index contributed by atoms with van der Waals surface area (Å²) in [6.07, 6.45) is 8.51. The van der Waals surface area contributed by atoms with E-state index in [0.717, 1.165) is 56.6 Å². The van der Waals surface area contributed by atoms with Crippen LogP contribution in [0.3, 0.4) is 0 Å². The molecule has 1 unspecified atom stereocenters. The second-order valence-electron chi connectivity index (χ2n) is 6.52. The number of carbonyl (C=O) groups excluding carboxylic acids is 1.